The number of hydrogen-bond acceptors (Lipinski definition) is 3. The van der Waals surface area contributed by atoms with Crippen LogP contribution in [0.25, 0.3) is 0 Å². The molecule has 7 heteroatoms. The molecule has 0 aliphatic carbocycles. The molecule has 0 bridgehead atoms. The molecule has 1 aliphatic rings. The Bertz CT molecular complexity index is 679. The Morgan fingerprint density at radius 1 is 1.20 bits per heavy atom. The minimum Gasteiger partial charge on any atom is -0.297 e. The zero-order valence-corrected chi connectivity index (χ0v) is 10.8. The van der Waals surface area contributed by atoms with Crippen molar-refractivity contribution in [2.75, 3.05) is 13.1 Å². The van der Waals surface area contributed by atoms with Gasteiger partial charge in [-0.3, -0.25) is 9.47 Å². The van der Waals surface area contributed by atoms with Gasteiger partial charge in [0, 0.05) is 32.6 Å². The summed E-state index contributed by atoms with van der Waals surface area (Å²) in [6, 6.07) is 3.93. The lowest BCUT2D eigenvalue weighted by molar-refractivity contribution is 0.270. The summed E-state index contributed by atoms with van der Waals surface area (Å²) >= 11 is 0. The monoisotopic (exact) mass is 280 g/mol. The van der Waals surface area contributed by atoms with E-state index in [9.17, 15) is 13.6 Å². The van der Waals surface area contributed by atoms with Crippen LogP contribution in [0.2, 0.25) is 0 Å². The van der Waals surface area contributed by atoms with E-state index in [1.54, 1.807) is 10.6 Å². The van der Waals surface area contributed by atoms with Crippen LogP contribution in [0.4, 0.5) is 8.78 Å². The summed E-state index contributed by atoms with van der Waals surface area (Å²) in [5, 5.41) is 6.41. The van der Waals surface area contributed by atoms with Crippen molar-refractivity contribution in [1.82, 2.24) is 19.7 Å². The Morgan fingerprint density at radius 2 is 2.05 bits per heavy atom. The number of H-pyrrole nitrogens is 1. The second-order valence-electron chi connectivity index (χ2n) is 4.87. The Morgan fingerprint density at radius 3 is 2.85 bits per heavy atom. The van der Waals surface area contributed by atoms with Gasteiger partial charge in [-0.05, 0) is 17.7 Å². The van der Waals surface area contributed by atoms with Gasteiger partial charge >= 0.3 is 5.69 Å². The molecule has 2 heterocycles. The fraction of sp³-hybridized carbons (Fsp3) is 0.385. The zero-order valence-electron chi connectivity index (χ0n) is 10.8. The third-order valence-corrected chi connectivity index (χ3v) is 3.52. The fourth-order valence-corrected chi connectivity index (χ4v) is 2.44. The molecule has 0 atom stereocenters. The van der Waals surface area contributed by atoms with Gasteiger partial charge < -0.3 is 0 Å². The molecule has 1 aromatic heterocycles. The van der Waals surface area contributed by atoms with Gasteiger partial charge in [0.25, 0.3) is 0 Å². The summed E-state index contributed by atoms with van der Waals surface area (Å²) in [7, 11) is 0. The average Bonchev–Trinajstić information content (AvgIpc) is 2.66. The van der Waals surface area contributed by atoms with Crippen LogP contribution in [0.1, 0.15) is 11.4 Å². The van der Waals surface area contributed by atoms with E-state index in [4.69, 9.17) is 0 Å². The van der Waals surface area contributed by atoms with E-state index in [2.05, 4.69) is 15.1 Å². The molecular formula is C13H14F2N4O. The second-order valence-corrected chi connectivity index (χ2v) is 4.87. The highest BCUT2D eigenvalue weighted by atomic mass is 19.2. The molecular weight excluding hydrogens is 266 g/mol. The highest BCUT2D eigenvalue weighted by Crippen LogP contribution is 2.12. The van der Waals surface area contributed by atoms with Crippen LogP contribution < -0.4 is 5.69 Å². The first-order valence-electron chi connectivity index (χ1n) is 6.44. The largest absolute Gasteiger partial charge is 0.343 e. The molecule has 0 amide bonds. The number of nitrogens with zero attached hydrogens (tertiary/aromatic N) is 3. The highest BCUT2D eigenvalue weighted by molar-refractivity contribution is 5.17. The Labute approximate surface area is 113 Å². The summed E-state index contributed by atoms with van der Waals surface area (Å²) < 4.78 is 27.7. The van der Waals surface area contributed by atoms with Gasteiger partial charge in [-0.25, -0.2) is 18.7 Å². The van der Waals surface area contributed by atoms with Gasteiger partial charge in [-0.15, -0.1) is 0 Å². The predicted molar refractivity (Wildman–Crippen MR) is 68.2 cm³/mol. The van der Waals surface area contributed by atoms with Gasteiger partial charge in [-0.1, -0.05) is 6.07 Å². The van der Waals surface area contributed by atoms with Crippen molar-refractivity contribution in [2.45, 2.75) is 19.5 Å². The average molecular weight is 280 g/mol. The third kappa shape index (κ3) is 2.49. The van der Waals surface area contributed by atoms with Crippen LogP contribution in [0.15, 0.2) is 23.0 Å². The molecule has 0 saturated heterocycles. The van der Waals surface area contributed by atoms with Crippen LogP contribution in [-0.2, 0) is 19.5 Å². The lowest BCUT2D eigenvalue weighted by Crippen LogP contribution is -2.28. The maximum Gasteiger partial charge on any atom is 0.343 e. The van der Waals surface area contributed by atoms with Crippen LogP contribution in [0.5, 0.6) is 0 Å². The number of nitrogens with one attached hydrogen (secondary N) is 1. The molecule has 2 aromatic rings. The standard InChI is InChI=1S/C13H14F2N4O/c14-10-2-1-9(7-11(10)15)8-18-4-3-12-16-17-13(20)19(12)6-5-18/h1-2,7H,3-6,8H2,(H,17,20). The van der Waals surface area contributed by atoms with Crippen molar-refractivity contribution in [3.05, 3.63) is 51.7 Å². The van der Waals surface area contributed by atoms with Gasteiger partial charge in [0.15, 0.2) is 11.6 Å². The van der Waals surface area contributed by atoms with E-state index in [1.807, 2.05) is 0 Å². The van der Waals surface area contributed by atoms with Gasteiger partial charge in [0.2, 0.25) is 0 Å². The summed E-state index contributed by atoms with van der Waals surface area (Å²) in [6.45, 7) is 2.48. The van der Waals surface area contributed by atoms with E-state index >= 15 is 0 Å². The van der Waals surface area contributed by atoms with Gasteiger partial charge in [0.05, 0.1) is 0 Å². The molecule has 3 rings (SSSR count). The Kier molecular flexibility index (Phi) is 3.35. The number of fused-ring (bicyclic) bond motifs is 1. The first-order valence-corrected chi connectivity index (χ1v) is 6.44. The van der Waals surface area contributed by atoms with Crippen molar-refractivity contribution in [3.63, 3.8) is 0 Å². The van der Waals surface area contributed by atoms with E-state index < -0.39 is 11.6 Å². The first kappa shape index (κ1) is 13.0. The van der Waals surface area contributed by atoms with Crippen LogP contribution in [0.3, 0.4) is 0 Å². The van der Waals surface area contributed by atoms with E-state index in [-0.39, 0.29) is 5.69 Å². The van der Waals surface area contributed by atoms with Gasteiger partial charge in [0.1, 0.15) is 5.82 Å². The smallest absolute Gasteiger partial charge is 0.297 e. The molecule has 20 heavy (non-hydrogen) atoms. The number of rotatable bonds is 2. The van der Waals surface area contributed by atoms with Crippen LogP contribution >= 0.6 is 0 Å². The topological polar surface area (TPSA) is 53.9 Å². The van der Waals surface area contributed by atoms with Crippen molar-refractivity contribution in [3.8, 4) is 0 Å². The molecule has 5 nitrogen and oxygen atoms in total. The summed E-state index contributed by atoms with van der Waals surface area (Å²) in [5.41, 5.74) is 0.520. The maximum atomic E-state index is 13.2. The predicted octanol–water partition coefficient (Wildman–Crippen LogP) is 0.908. The van der Waals surface area contributed by atoms with Crippen LogP contribution in [-0.4, -0.2) is 32.8 Å². The SMILES string of the molecule is O=c1[nH]nc2n1CCN(Cc1ccc(F)c(F)c1)CC2. The van der Waals surface area contributed by atoms with E-state index in [1.165, 1.54) is 6.07 Å². The lowest BCUT2D eigenvalue weighted by Gasteiger charge is -2.19. The number of halogens is 2. The number of hydrogen-bond donors (Lipinski definition) is 1. The van der Waals surface area contributed by atoms with Crippen molar-refractivity contribution in [1.29, 1.82) is 0 Å². The van der Waals surface area contributed by atoms with E-state index in [0.29, 0.717) is 26.1 Å². The Hall–Kier alpha value is -2.02. The summed E-state index contributed by atoms with van der Waals surface area (Å²) in [4.78, 5) is 13.6. The molecule has 0 saturated carbocycles. The summed E-state index contributed by atoms with van der Waals surface area (Å²) in [6.07, 6.45) is 0.655. The first-order chi connectivity index (χ1) is 9.63. The molecule has 1 N–H and O–H groups in total. The Balaban J connectivity index is 1.71. The minimum atomic E-state index is -0.837. The van der Waals surface area contributed by atoms with E-state index in [0.717, 1.165) is 24.0 Å². The molecule has 0 unspecified atom stereocenters. The van der Waals surface area contributed by atoms with Crippen molar-refractivity contribution in [2.24, 2.45) is 0 Å². The molecule has 0 radical (unpaired) electrons. The third-order valence-electron chi connectivity index (χ3n) is 3.52. The molecule has 0 spiro atoms. The minimum absolute atomic E-state index is 0.199. The van der Waals surface area contributed by atoms with Gasteiger partial charge in [-0.2, -0.15) is 5.10 Å². The normalized spacial score (nSPS) is 15.9. The van der Waals surface area contributed by atoms with Crippen LogP contribution in [0, 0.1) is 11.6 Å². The molecule has 1 aromatic carbocycles. The molecule has 1 aliphatic heterocycles. The second kappa shape index (κ2) is 5.16. The number of benzene rings is 1. The zero-order chi connectivity index (χ0) is 14.1. The number of aromatic amines is 1. The van der Waals surface area contributed by atoms with Crippen molar-refractivity contribution < 1.29 is 8.78 Å². The maximum absolute atomic E-state index is 13.2. The summed E-state index contributed by atoms with van der Waals surface area (Å²) in [5.74, 6) is -0.930. The fourth-order valence-electron chi connectivity index (χ4n) is 2.44. The lowest BCUT2D eigenvalue weighted by atomic mass is 10.2. The number of aromatic nitrogens is 3. The quantitative estimate of drug-likeness (QED) is 0.889. The molecule has 0 fully saturated rings. The highest BCUT2D eigenvalue weighted by Gasteiger charge is 2.17. The molecule has 106 valence electrons. The van der Waals surface area contributed by atoms with Crippen molar-refractivity contribution >= 4 is 0 Å².